The number of rotatable bonds is 3. The summed E-state index contributed by atoms with van der Waals surface area (Å²) in [6.45, 7) is 7.62. The second-order valence-electron chi connectivity index (χ2n) is 4.63. The highest BCUT2D eigenvalue weighted by atomic mass is 16.5. The van der Waals surface area contributed by atoms with Gasteiger partial charge in [-0.15, -0.1) is 0 Å². The minimum absolute atomic E-state index is 0.0394. The highest BCUT2D eigenvalue weighted by Gasteiger charge is 2.19. The molecule has 0 unspecified atom stereocenters. The third kappa shape index (κ3) is 3.24. The number of nitrogens with one attached hydrogen (secondary N) is 1. The standard InChI is InChI=1S/C15H18N2O3/c1-3-14(18)16-13-10-12(5-4-11(13)2)15(19)17-6-8-20-9-7-17/h3-5,10H,1,6-9H2,2H3,(H,16,18). The fraction of sp³-hybridized carbons (Fsp3) is 0.333. The van der Waals surface area contributed by atoms with Crippen molar-refractivity contribution in [1.29, 1.82) is 0 Å². The first-order valence-corrected chi connectivity index (χ1v) is 6.53. The van der Waals surface area contributed by atoms with E-state index in [-0.39, 0.29) is 11.8 Å². The molecule has 0 radical (unpaired) electrons. The highest BCUT2D eigenvalue weighted by Crippen LogP contribution is 2.18. The molecular formula is C15H18N2O3. The molecule has 1 saturated heterocycles. The lowest BCUT2D eigenvalue weighted by molar-refractivity contribution is -0.111. The van der Waals surface area contributed by atoms with E-state index in [1.54, 1.807) is 17.0 Å². The molecule has 5 nitrogen and oxygen atoms in total. The molecule has 5 heteroatoms. The summed E-state index contributed by atoms with van der Waals surface area (Å²) in [6, 6.07) is 5.30. The van der Waals surface area contributed by atoms with Gasteiger partial charge in [-0.2, -0.15) is 0 Å². The molecule has 2 rings (SSSR count). The van der Waals surface area contributed by atoms with Crippen molar-refractivity contribution in [3.05, 3.63) is 42.0 Å². The Balaban J connectivity index is 2.19. The molecule has 1 aromatic carbocycles. The van der Waals surface area contributed by atoms with Crippen molar-refractivity contribution in [2.45, 2.75) is 6.92 Å². The molecule has 0 saturated carbocycles. The Morgan fingerprint density at radius 1 is 1.35 bits per heavy atom. The van der Waals surface area contributed by atoms with Crippen molar-refractivity contribution in [3.63, 3.8) is 0 Å². The summed E-state index contributed by atoms with van der Waals surface area (Å²) in [7, 11) is 0. The number of carbonyl (C=O) groups is 2. The molecule has 0 spiro atoms. The molecule has 1 fully saturated rings. The monoisotopic (exact) mass is 274 g/mol. The second-order valence-corrected chi connectivity index (χ2v) is 4.63. The Bertz CT molecular complexity index is 534. The number of benzene rings is 1. The maximum absolute atomic E-state index is 12.4. The lowest BCUT2D eigenvalue weighted by atomic mass is 10.1. The van der Waals surface area contributed by atoms with Gasteiger partial charge < -0.3 is 15.0 Å². The van der Waals surface area contributed by atoms with Crippen molar-refractivity contribution in [3.8, 4) is 0 Å². The number of aryl methyl sites for hydroxylation is 1. The van der Waals surface area contributed by atoms with E-state index >= 15 is 0 Å². The largest absolute Gasteiger partial charge is 0.378 e. The van der Waals surface area contributed by atoms with Gasteiger partial charge in [-0.05, 0) is 30.7 Å². The molecule has 0 aromatic heterocycles. The van der Waals surface area contributed by atoms with Crippen LogP contribution in [0.3, 0.4) is 0 Å². The molecule has 0 aliphatic carbocycles. The van der Waals surface area contributed by atoms with Gasteiger partial charge in [0.2, 0.25) is 5.91 Å². The van der Waals surface area contributed by atoms with Crippen LogP contribution in [-0.4, -0.2) is 43.0 Å². The number of anilines is 1. The molecule has 1 aromatic rings. The van der Waals surface area contributed by atoms with Gasteiger partial charge in [0.25, 0.3) is 5.91 Å². The van der Waals surface area contributed by atoms with Gasteiger partial charge in [0, 0.05) is 24.3 Å². The third-order valence-electron chi connectivity index (χ3n) is 3.23. The predicted octanol–water partition coefficient (Wildman–Crippen LogP) is 1.59. The fourth-order valence-electron chi connectivity index (χ4n) is 2.02. The van der Waals surface area contributed by atoms with Crippen LogP contribution in [0.5, 0.6) is 0 Å². The SMILES string of the molecule is C=CC(=O)Nc1cc(C(=O)N2CCOCC2)ccc1C. The topological polar surface area (TPSA) is 58.6 Å². The zero-order valence-corrected chi connectivity index (χ0v) is 11.5. The maximum Gasteiger partial charge on any atom is 0.254 e. The molecule has 1 heterocycles. The normalized spacial score (nSPS) is 14.8. The van der Waals surface area contributed by atoms with E-state index < -0.39 is 0 Å². The van der Waals surface area contributed by atoms with E-state index in [1.807, 2.05) is 13.0 Å². The molecule has 20 heavy (non-hydrogen) atoms. The van der Waals surface area contributed by atoms with Crippen molar-refractivity contribution < 1.29 is 14.3 Å². The lowest BCUT2D eigenvalue weighted by Gasteiger charge is -2.27. The summed E-state index contributed by atoms with van der Waals surface area (Å²) in [4.78, 5) is 25.5. The number of hydrogen-bond donors (Lipinski definition) is 1. The van der Waals surface area contributed by atoms with Crippen LogP contribution in [0, 0.1) is 6.92 Å². The van der Waals surface area contributed by atoms with E-state index in [1.165, 1.54) is 6.08 Å². The van der Waals surface area contributed by atoms with Gasteiger partial charge in [0.1, 0.15) is 0 Å². The third-order valence-corrected chi connectivity index (χ3v) is 3.23. The summed E-state index contributed by atoms with van der Waals surface area (Å²) in [5, 5.41) is 2.71. The zero-order chi connectivity index (χ0) is 14.5. The second kappa shape index (κ2) is 6.34. The quantitative estimate of drug-likeness (QED) is 0.852. The van der Waals surface area contributed by atoms with Crippen LogP contribution in [-0.2, 0) is 9.53 Å². The van der Waals surface area contributed by atoms with E-state index in [0.29, 0.717) is 37.6 Å². The van der Waals surface area contributed by atoms with E-state index in [9.17, 15) is 9.59 Å². The summed E-state index contributed by atoms with van der Waals surface area (Å²) in [5.41, 5.74) is 2.10. The van der Waals surface area contributed by atoms with E-state index in [0.717, 1.165) is 5.56 Å². The zero-order valence-electron chi connectivity index (χ0n) is 11.5. The lowest BCUT2D eigenvalue weighted by Crippen LogP contribution is -2.40. The molecule has 1 aliphatic rings. The Morgan fingerprint density at radius 3 is 2.70 bits per heavy atom. The molecule has 0 bridgehead atoms. The van der Waals surface area contributed by atoms with Crippen molar-refractivity contribution >= 4 is 17.5 Å². The molecule has 0 atom stereocenters. The minimum Gasteiger partial charge on any atom is -0.378 e. The van der Waals surface area contributed by atoms with Gasteiger partial charge in [-0.3, -0.25) is 9.59 Å². The Kier molecular flexibility index (Phi) is 4.53. The van der Waals surface area contributed by atoms with Crippen molar-refractivity contribution in [2.75, 3.05) is 31.6 Å². The first kappa shape index (κ1) is 14.3. The average molecular weight is 274 g/mol. The van der Waals surface area contributed by atoms with Crippen LogP contribution in [0.2, 0.25) is 0 Å². The number of ether oxygens (including phenoxy) is 1. The summed E-state index contributed by atoms with van der Waals surface area (Å²) >= 11 is 0. The predicted molar refractivity (Wildman–Crippen MR) is 76.7 cm³/mol. The van der Waals surface area contributed by atoms with Crippen LogP contribution in [0.1, 0.15) is 15.9 Å². The van der Waals surface area contributed by atoms with E-state index in [4.69, 9.17) is 4.74 Å². The number of amides is 2. The summed E-state index contributed by atoms with van der Waals surface area (Å²) < 4.78 is 5.23. The first-order valence-electron chi connectivity index (χ1n) is 6.53. The smallest absolute Gasteiger partial charge is 0.254 e. The summed E-state index contributed by atoms with van der Waals surface area (Å²) in [5.74, 6) is -0.327. The van der Waals surface area contributed by atoms with Crippen LogP contribution in [0.4, 0.5) is 5.69 Å². The van der Waals surface area contributed by atoms with Crippen LogP contribution in [0.25, 0.3) is 0 Å². The molecular weight excluding hydrogens is 256 g/mol. The van der Waals surface area contributed by atoms with E-state index in [2.05, 4.69) is 11.9 Å². The van der Waals surface area contributed by atoms with Gasteiger partial charge in [0.05, 0.1) is 13.2 Å². The van der Waals surface area contributed by atoms with Crippen molar-refractivity contribution in [2.24, 2.45) is 0 Å². The Morgan fingerprint density at radius 2 is 2.05 bits per heavy atom. The number of nitrogens with zero attached hydrogens (tertiary/aromatic N) is 1. The van der Waals surface area contributed by atoms with Crippen molar-refractivity contribution in [1.82, 2.24) is 4.90 Å². The maximum atomic E-state index is 12.4. The van der Waals surface area contributed by atoms with Crippen LogP contribution < -0.4 is 5.32 Å². The van der Waals surface area contributed by atoms with Gasteiger partial charge >= 0.3 is 0 Å². The van der Waals surface area contributed by atoms with Gasteiger partial charge in [-0.25, -0.2) is 0 Å². The van der Waals surface area contributed by atoms with Crippen LogP contribution >= 0.6 is 0 Å². The number of hydrogen-bond acceptors (Lipinski definition) is 3. The molecule has 106 valence electrons. The first-order chi connectivity index (χ1) is 9.61. The fourth-order valence-corrected chi connectivity index (χ4v) is 2.02. The van der Waals surface area contributed by atoms with Crippen LogP contribution in [0.15, 0.2) is 30.9 Å². The number of morpholine rings is 1. The Labute approximate surface area is 118 Å². The molecule has 2 amide bonds. The minimum atomic E-state index is -0.288. The van der Waals surface area contributed by atoms with Gasteiger partial charge in [0.15, 0.2) is 0 Å². The summed E-state index contributed by atoms with van der Waals surface area (Å²) in [6.07, 6.45) is 1.20. The number of carbonyl (C=O) groups excluding carboxylic acids is 2. The average Bonchev–Trinajstić information content (AvgIpc) is 2.49. The highest BCUT2D eigenvalue weighted by molar-refractivity contribution is 6.01. The van der Waals surface area contributed by atoms with Gasteiger partial charge in [-0.1, -0.05) is 12.6 Å². The Hall–Kier alpha value is -2.14. The molecule has 1 N–H and O–H groups in total. The molecule has 1 aliphatic heterocycles.